The molecule has 2 aromatic carbocycles. The van der Waals surface area contributed by atoms with Crippen molar-refractivity contribution in [2.45, 2.75) is 51.2 Å². The number of amides is 2. The SMILES string of the molecule is CCCCCCOc1ccc(NC(=O)CC2S/C(=N/N=C(\C)c3ccc(F)cc3)NC2=O)cc1. The third-order valence-corrected chi connectivity index (χ3v) is 6.18. The summed E-state index contributed by atoms with van der Waals surface area (Å²) in [5, 5.41) is 13.3. The number of carbonyl (C=O) groups excluding carboxylic acids is 2. The fraction of sp³-hybridized carbons (Fsp3) is 0.360. The van der Waals surface area contributed by atoms with Crippen LogP contribution in [0.4, 0.5) is 10.1 Å². The molecule has 1 heterocycles. The van der Waals surface area contributed by atoms with Crippen LogP contribution in [0.3, 0.4) is 0 Å². The van der Waals surface area contributed by atoms with Crippen LogP contribution in [-0.4, -0.2) is 34.6 Å². The molecule has 0 aromatic heterocycles. The van der Waals surface area contributed by atoms with Crippen LogP contribution in [0.25, 0.3) is 0 Å². The quantitative estimate of drug-likeness (QED) is 0.263. The van der Waals surface area contributed by atoms with Crippen molar-refractivity contribution in [2.75, 3.05) is 11.9 Å². The second-order valence-electron chi connectivity index (χ2n) is 7.88. The maximum Gasteiger partial charge on any atom is 0.240 e. The van der Waals surface area contributed by atoms with E-state index in [0.717, 1.165) is 35.9 Å². The summed E-state index contributed by atoms with van der Waals surface area (Å²) in [4.78, 5) is 24.7. The second-order valence-corrected chi connectivity index (χ2v) is 9.07. The van der Waals surface area contributed by atoms with Crippen LogP contribution in [0.2, 0.25) is 0 Å². The molecule has 0 bridgehead atoms. The first-order valence-corrected chi connectivity index (χ1v) is 12.2. The Labute approximate surface area is 203 Å². The van der Waals surface area contributed by atoms with Gasteiger partial charge in [0.25, 0.3) is 0 Å². The summed E-state index contributed by atoms with van der Waals surface area (Å²) in [7, 11) is 0. The first-order valence-electron chi connectivity index (χ1n) is 11.3. The first-order chi connectivity index (χ1) is 16.4. The number of halogens is 1. The van der Waals surface area contributed by atoms with Crippen LogP contribution in [0.5, 0.6) is 5.75 Å². The summed E-state index contributed by atoms with van der Waals surface area (Å²) in [6, 6.07) is 13.1. The molecule has 7 nitrogen and oxygen atoms in total. The number of ether oxygens (including phenoxy) is 1. The number of rotatable bonds is 11. The number of hydrogen-bond donors (Lipinski definition) is 2. The van der Waals surface area contributed by atoms with Gasteiger partial charge in [0.2, 0.25) is 11.8 Å². The zero-order valence-electron chi connectivity index (χ0n) is 19.3. The minimum Gasteiger partial charge on any atom is -0.494 e. The van der Waals surface area contributed by atoms with Crippen molar-refractivity contribution >= 4 is 40.1 Å². The monoisotopic (exact) mass is 484 g/mol. The number of benzene rings is 2. The van der Waals surface area contributed by atoms with Crippen molar-refractivity contribution in [1.82, 2.24) is 5.32 Å². The predicted octanol–water partition coefficient (Wildman–Crippen LogP) is 5.13. The molecule has 34 heavy (non-hydrogen) atoms. The van der Waals surface area contributed by atoms with Gasteiger partial charge in [-0.2, -0.15) is 5.10 Å². The highest BCUT2D eigenvalue weighted by atomic mass is 32.2. The van der Waals surface area contributed by atoms with E-state index < -0.39 is 5.25 Å². The molecule has 1 saturated heterocycles. The minimum absolute atomic E-state index is 0.00581. The standard InChI is InChI=1S/C25H29FN4O3S/c1-3-4-5-6-15-33-21-13-11-20(12-14-21)27-23(31)16-22-24(32)28-25(34-22)30-29-17(2)18-7-9-19(26)10-8-18/h7-14,22H,3-6,15-16H2,1-2H3,(H,27,31)(H,28,30,32)/b29-17+. The molecule has 1 aliphatic heterocycles. The Morgan fingerprint density at radius 3 is 2.56 bits per heavy atom. The fourth-order valence-electron chi connectivity index (χ4n) is 3.19. The summed E-state index contributed by atoms with van der Waals surface area (Å²) in [6.45, 7) is 4.59. The predicted molar refractivity (Wildman–Crippen MR) is 135 cm³/mol. The number of carbonyl (C=O) groups is 2. The van der Waals surface area contributed by atoms with E-state index in [-0.39, 0.29) is 24.1 Å². The van der Waals surface area contributed by atoms with Crippen LogP contribution < -0.4 is 15.4 Å². The van der Waals surface area contributed by atoms with E-state index in [0.29, 0.717) is 23.2 Å². The van der Waals surface area contributed by atoms with E-state index in [1.54, 1.807) is 31.2 Å². The van der Waals surface area contributed by atoms with Gasteiger partial charge >= 0.3 is 0 Å². The lowest BCUT2D eigenvalue weighted by Crippen LogP contribution is -2.28. The molecule has 0 radical (unpaired) electrons. The lowest BCUT2D eigenvalue weighted by Gasteiger charge is -2.09. The summed E-state index contributed by atoms with van der Waals surface area (Å²) in [6.07, 6.45) is 4.59. The molecule has 1 aliphatic rings. The van der Waals surface area contributed by atoms with E-state index in [2.05, 4.69) is 27.8 Å². The molecule has 3 rings (SSSR count). The maximum atomic E-state index is 13.0. The van der Waals surface area contributed by atoms with Crippen LogP contribution in [0, 0.1) is 5.82 Å². The van der Waals surface area contributed by atoms with Crippen molar-refractivity contribution in [3.63, 3.8) is 0 Å². The van der Waals surface area contributed by atoms with Crippen molar-refractivity contribution in [1.29, 1.82) is 0 Å². The number of nitrogens with zero attached hydrogens (tertiary/aromatic N) is 2. The van der Waals surface area contributed by atoms with Crippen molar-refractivity contribution in [3.8, 4) is 5.75 Å². The Hall–Kier alpha value is -3.20. The molecule has 2 N–H and O–H groups in total. The molecule has 1 atom stereocenters. The first kappa shape index (κ1) is 25.4. The van der Waals surface area contributed by atoms with Gasteiger partial charge in [-0.25, -0.2) is 4.39 Å². The number of anilines is 1. The van der Waals surface area contributed by atoms with Gasteiger partial charge in [0.15, 0.2) is 5.17 Å². The summed E-state index contributed by atoms with van der Waals surface area (Å²) in [5.41, 5.74) is 1.95. The Kier molecular flexibility index (Phi) is 9.63. The molecule has 180 valence electrons. The molecule has 1 unspecified atom stereocenters. The molecule has 2 amide bonds. The number of thioether (sulfide) groups is 1. The normalized spacial score (nSPS) is 17.0. The van der Waals surface area contributed by atoms with Gasteiger partial charge in [-0.1, -0.05) is 50.1 Å². The van der Waals surface area contributed by atoms with E-state index in [1.165, 1.54) is 25.0 Å². The van der Waals surface area contributed by atoms with Gasteiger partial charge in [0, 0.05) is 12.1 Å². The van der Waals surface area contributed by atoms with E-state index >= 15 is 0 Å². The van der Waals surface area contributed by atoms with Crippen LogP contribution >= 0.6 is 11.8 Å². The molecule has 0 saturated carbocycles. The number of amidine groups is 1. The smallest absolute Gasteiger partial charge is 0.240 e. The number of hydrogen-bond acceptors (Lipinski definition) is 6. The average molecular weight is 485 g/mol. The Morgan fingerprint density at radius 2 is 1.85 bits per heavy atom. The lowest BCUT2D eigenvalue weighted by atomic mass is 10.1. The highest BCUT2D eigenvalue weighted by molar-refractivity contribution is 8.15. The second kappa shape index (κ2) is 12.9. The average Bonchev–Trinajstić information content (AvgIpc) is 3.17. The van der Waals surface area contributed by atoms with Gasteiger partial charge in [0.05, 0.1) is 12.3 Å². The summed E-state index contributed by atoms with van der Waals surface area (Å²) < 4.78 is 18.8. The number of nitrogens with one attached hydrogen (secondary N) is 2. The third-order valence-electron chi connectivity index (χ3n) is 5.10. The topological polar surface area (TPSA) is 92.2 Å². The van der Waals surface area contributed by atoms with E-state index in [9.17, 15) is 14.0 Å². The fourth-order valence-corrected chi connectivity index (χ4v) is 4.11. The van der Waals surface area contributed by atoms with Gasteiger partial charge in [-0.3, -0.25) is 9.59 Å². The molecule has 1 fully saturated rings. The third kappa shape index (κ3) is 7.98. The van der Waals surface area contributed by atoms with Crippen molar-refractivity contribution in [2.24, 2.45) is 10.2 Å². The van der Waals surface area contributed by atoms with Crippen molar-refractivity contribution in [3.05, 3.63) is 59.9 Å². The molecule has 0 spiro atoms. The number of unbranched alkanes of at least 4 members (excludes halogenated alkanes) is 3. The molecular formula is C25H29FN4O3S. The van der Waals surface area contributed by atoms with Crippen molar-refractivity contribution < 1.29 is 18.7 Å². The van der Waals surface area contributed by atoms with E-state index in [1.807, 2.05) is 12.1 Å². The van der Waals surface area contributed by atoms with Gasteiger partial charge in [-0.15, -0.1) is 5.10 Å². The van der Waals surface area contributed by atoms with Gasteiger partial charge < -0.3 is 15.4 Å². The Balaban J connectivity index is 1.46. The minimum atomic E-state index is -0.592. The zero-order valence-corrected chi connectivity index (χ0v) is 20.2. The van der Waals surface area contributed by atoms with E-state index in [4.69, 9.17) is 4.74 Å². The largest absolute Gasteiger partial charge is 0.494 e. The summed E-state index contributed by atoms with van der Waals surface area (Å²) in [5.74, 6) is -0.129. The van der Waals surface area contributed by atoms with Gasteiger partial charge in [0.1, 0.15) is 16.8 Å². The summed E-state index contributed by atoms with van der Waals surface area (Å²) >= 11 is 1.16. The molecule has 0 aliphatic carbocycles. The van der Waals surface area contributed by atoms with Gasteiger partial charge in [-0.05, 0) is 55.3 Å². The maximum absolute atomic E-state index is 13.0. The highest BCUT2D eigenvalue weighted by Gasteiger charge is 2.32. The molecular weight excluding hydrogens is 455 g/mol. The Morgan fingerprint density at radius 1 is 1.12 bits per heavy atom. The Bertz CT molecular complexity index is 1040. The molecule has 9 heteroatoms. The van der Waals surface area contributed by atoms with Crippen LogP contribution in [-0.2, 0) is 9.59 Å². The highest BCUT2D eigenvalue weighted by Crippen LogP contribution is 2.24. The lowest BCUT2D eigenvalue weighted by molar-refractivity contribution is -0.122. The van der Waals surface area contributed by atoms with Crippen LogP contribution in [0.15, 0.2) is 58.7 Å². The zero-order chi connectivity index (χ0) is 24.3. The molecule has 2 aromatic rings. The van der Waals surface area contributed by atoms with Crippen LogP contribution in [0.1, 0.15) is 51.5 Å².